The molecule has 0 radical (unpaired) electrons. The number of aromatic carboxylic acids is 1. The second-order valence-electron chi connectivity index (χ2n) is 5.33. The van der Waals surface area contributed by atoms with E-state index >= 15 is 0 Å². The Hall–Kier alpha value is -1.51. The Labute approximate surface area is 102 Å². The fourth-order valence-corrected chi connectivity index (χ4v) is 2.06. The minimum absolute atomic E-state index is 0.222. The average Bonchev–Trinajstić information content (AvgIpc) is 2.19. The predicted molar refractivity (Wildman–Crippen MR) is 67.9 cm³/mol. The Morgan fingerprint density at radius 2 is 1.88 bits per heavy atom. The number of carboxylic acid groups (broad SMARTS) is 1. The van der Waals surface area contributed by atoms with Crippen LogP contribution < -0.4 is 0 Å². The molecule has 0 amide bonds. The highest BCUT2D eigenvalue weighted by molar-refractivity contribution is 5.90. The van der Waals surface area contributed by atoms with Gasteiger partial charge < -0.3 is 10.2 Å². The van der Waals surface area contributed by atoms with Crippen LogP contribution in [0.15, 0.2) is 6.07 Å². The molecule has 0 aliphatic carbocycles. The van der Waals surface area contributed by atoms with Crippen LogP contribution in [0, 0.1) is 6.92 Å². The van der Waals surface area contributed by atoms with E-state index in [4.69, 9.17) is 0 Å². The van der Waals surface area contributed by atoms with Gasteiger partial charge in [-0.3, -0.25) is 0 Å². The van der Waals surface area contributed by atoms with E-state index in [9.17, 15) is 15.0 Å². The van der Waals surface area contributed by atoms with Crippen molar-refractivity contribution < 1.29 is 15.0 Å². The molecule has 0 unspecified atom stereocenters. The molecule has 0 saturated carbocycles. The molecule has 2 N–H and O–H groups in total. The highest BCUT2D eigenvalue weighted by atomic mass is 16.4. The second kappa shape index (κ2) is 4.40. The van der Waals surface area contributed by atoms with E-state index in [1.807, 2.05) is 27.7 Å². The highest BCUT2D eigenvalue weighted by Crippen LogP contribution is 2.36. The SMILES string of the molecule is CCc1c(C(=O)O)cc(C(C)(C)C)c(O)c1C. The lowest BCUT2D eigenvalue weighted by atomic mass is 9.82. The minimum Gasteiger partial charge on any atom is -0.507 e. The van der Waals surface area contributed by atoms with Crippen LogP contribution in [-0.2, 0) is 11.8 Å². The second-order valence-corrected chi connectivity index (χ2v) is 5.33. The third-order valence-corrected chi connectivity index (χ3v) is 3.07. The summed E-state index contributed by atoms with van der Waals surface area (Å²) >= 11 is 0. The summed E-state index contributed by atoms with van der Waals surface area (Å²) in [5, 5.41) is 19.4. The van der Waals surface area contributed by atoms with Gasteiger partial charge in [-0.25, -0.2) is 4.79 Å². The van der Waals surface area contributed by atoms with Crippen molar-refractivity contribution >= 4 is 5.97 Å². The quantitative estimate of drug-likeness (QED) is 0.828. The lowest BCUT2D eigenvalue weighted by molar-refractivity contribution is 0.0695. The molecule has 0 spiro atoms. The Morgan fingerprint density at radius 3 is 2.24 bits per heavy atom. The first-order valence-electron chi connectivity index (χ1n) is 5.79. The first kappa shape index (κ1) is 13.6. The van der Waals surface area contributed by atoms with Crippen LogP contribution >= 0.6 is 0 Å². The number of phenols is 1. The Morgan fingerprint density at radius 1 is 1.35 bits per heavy atom. The third kappa shape index (κ3) is 2.43. The molecule has 94 valence electrons. The number of benzene rings is 1. The number of aromatic hydroxyl groups is 1. The minimum atomic E-state index is -0.935. The van der Waals surface area contributed by atoms with Gasteiger partial charge in [0.05, 0.1) is 5.56 Å². The summed E-state index contributed by atoms with van der Waals surface area (Å²) in [6, 6.07) is 1.60. The summed E-state index contributed by atoms with van der Waals surface area (Å²) < 4.78 is 0. The van der Waals surface area contributed by atoms with Crippen LogP contribution in [0.25, 0.3) is 0 Å². The summed E-state index contributed by atoms with van der Waals surface area (Å²) in [6.07, 6.45) is 0.603. The van der Waals surface area contributed by atoms with Crippen molar-refractivity contribution in [1.82, 2.24) is 0 Å². The normalized spacial score (nSPS) is 11.6. The molecular formula is C14H20O3. The maximum atomic E-state index is 11.2. The lowest BCUT2D eigenvalue weighted by Gasteiger charge is -2.24. The Bertz CT molecular complexity index is 454. The summed E-state index contributed by atoms with van der Waals surface area (Å²) in [6.45, 7) is 9.54. The molecule has 3 nitrogen and oxygen atoms in total. The van der Waals surface area contributed by atoms with Gasteiger partial charge in [0.1, 0.15) is 5.75 Å². The number of rotatable bonds is 2. The van der Waals surface area contributed by atoms with Crippen molar-refractivity contribution in [3.8, 4) is 5.75 Å². The van der Waals surface area contributed by atoms with E-state index in [0.29, 0.717) is 28.7 Å². The van der Waals surface area contributed by atoms with Gasteiger partial charge >= 0.3 is 5.97 Å². The van der Waals surface area contributed by atoms with Crippen molar-refractivity contribution in [2.45, 2.75) is 46.5 Å². The smallest absolute Gasteiger partial charge is 0.335 e. The van der Waals surface area contributed by atoms with Gasteiger partial charge in [0.15, 0.2) is 0 Å². The van der Waals surface area contributed by atoms with Gasteiger partial charge in [0.2, 0.25) is 0 Å². The molecule has 1 aromatic rings. The van der Waals surface area contributed by atoms with E-state index in [1.165, 1.54) is 0 Å². The number of phenolic OH excluding ortho intramolecular Hbond substituents is 1. The van der Waals surface area contributed by atoms with Gasteiger partial charge in [0, 0.05) is 5.56 Å². The molecule has 0 atom stereocenters. The first-order chi connectivity index (χ1) is 7.70. The van der Waals surface area contributed by atoms with Crippen LogP contribution in [0.4, 0.5) is 0 Å². The first-order valence-corrected chi connectivity index (χ1v) is 5.79. The van der Waals surface area contributed by atoms with Gasteiger partial charge in [-0.05, 0) is 36.0 Å². The summed E-state index contributed by atoms with van der Waals surface area (Å²) in [7, 11) is 0. The van der Waals surface area contributed by atoms with E-state index in [0.717, 1.165) is 0 Å². The van der Waals surface area contributed by atoms with Crippen molar-refractivity contribution in [1.29, 1.82) is 0 Å². The molecule has 0 heterocycles. The molecule has 0 aliphatic rings. The molecule has 0 fully saturated rings. The van der Waals surface area contributed by atoms with E-state index in [-0.39, 0.29) is 11.2 Å². The zero-order valence-corrected chi connectivity index (χ0v) is 11.1. The summed E-state index contributed by atoms with van der Waals surface area (Å²) in [5.41, 5.74) is 2.10. The van der Waals surface area contributed by atoms with E-state index in [2.05, 4.69) is 0 Å². The van der Waals surface area contributed by atoms with Gasteiger partial charge in [-0.15, -0.1) is 0 Å². The van der Waals surface area contributed by atoms with E-state index < -0.39 is 5.97 Å². The zero-order chi connectivity index (χ0) is 13.4. The molecule has 0 saturated heterocycles. The van der Waals surface area contributed by atoms with Crippen LogP contribution in [0.1, 0.15) is 54.7 Å². The number of hydrogen-bond donors (Lipinski definition) is 2. The molecular weight excluding hydrogens is 216 g/mol. The average molecular weight is 236 g/mol. The molecule has 0 aliphatic heterocycles. The van der Waals surface area contributed by atoms with Crippen LogP contribution in [0.5, 0.6) is 5.75 Å². The molecule has 1 aromatic carbocycles. The fraction of sp³-hybridized carbons (Fsp3) is 0.500. The molecule has 3 heteroatoms. The highest BCUT2D eigenvalue weighted by Gasteiger charge is 2.24. The van der Waals surface area contributed by atoms with Crippen LogP contribution in [-0.4, -0.2) is 16.2 Å². The fourth-order valence-electron chi connectivity index (χ4n) is 2.06. The van der Waals surface area contributed by atoms with Crippen molar-refractivity contribution in [3.05, 3.63) is 28.3 Å². The van der Waals surface area contributed by atoms with Crippen molar-refractivity contribution in [2.24, 2.45) is 0 Å². The standard InChI is InChI=1S/C14H20O3/c1-6-9-8(2)12(15)11(14(3,4)5)7-10(9)13(16)17/h7,15H,6H2,1-5H3,(H,16,17). The van der Waals surface area contributed by atoms with E-state index in [1.54, 1.807) is 13.0 Å². The molecule has 0 bridgehead atoms. The maximum Gasteiger partial charge on any atom is 0.335 e. The van der Waals surface area contributed by atoms with Crippen LogP contribution in [0.3, 0.4) is 0 Å². The molecule has 17 heavy (non-hydrogen) atoms. The predicted octanol–water partition coefficient (Wildman–Crippen LogP) is 3.26. The van der Waals surface area contributed by atoms with Gasteiger partial charge in [0.25, 0.3) is 0 Å². The van der Waals surface area contributed by atoms with Crippen LogP contribution in [0.2, 0.25) is 0 Å². The van der Waals surface area contributed by atoms with Crippen molar-refractivity contribution in [3.63, 3.8) is 0 Å². The Balaban J connectivity index is 3.64. The molecule has 1 rings (SSSR count). The maximum absolute atomic E-state index is 11.2. The number of carbonyl (C=O) groups is 1. The summed E-state index contributed by atoms with van der Waals surface area (Å²) in [4.78, 5) is 11.2. The Kier molecular flexibility index (Phi) is 3.51. The number of carboxylic acids is 1. The lowest BCUT2D eigenvalue weighted by Crippen LogP contribution is -2.15. The monoisotopic (exact) mass is 236 g/mol. The number of hydrogen-bond acceptors (Lipinski definition) is 2. The third-order valence-electron chi connectivity index (χ3n) is 3.07. The summed E-state index contributed by atoms with van der Waals surface area (Å²) in [5.74, 6) is -0.713. The molecule has 0 aromatic heterocycles. The van der Waals surface area contributed by atoms with Gasteiger partial charge in [-0.2, -0.15) is 0 Å². The van der Waals surface area contributed by atoms with Crippen molar-refractivity contribution in [2.75, 3.05) is 0 Å². The topological polar surface area (TPSA) is 57.5 Å². The zero-order valence-electron chi connectivity index (χ0n) is 11.1. The largest absolute Gasteiger partial charge is 0.507 e. The van der Waals surface area contributed by atoms with Gasteiger partial charge in [-0.1, -0.05) is 27.7 Å².